The third-order valence-corrected chi connectivity index (χ3v) is 6.39. The maximum absolute atomic E-state index is 11.7. The van der Waals surface area contributed by atoms with Crippen LogP contribution in [0.5, 0.6) is 0 Å². The van der Waals surface area contributed by atoms with Crippen LogP contribution in [0.1, 0.15) is 111 Å². The Morgan fingerprint density at radius 3 is 1.83 bits per heavy atom. The van der Waals surface area contributed by atoms with E-state index >= 15 is 0 Å². The summed E-state index contributed by atoms with van der Waals surface area (Å²) in [4.78, 5) is 75.1. The number of carbonyl (C=O) groups excluding carboxylic acids is 7. The normalized spacial score (nSPS) is 10.3. The average molecular weight is 768 g/mol. The SMILES string of the molecule is CC.CC(C)CC=O.CCCCCNC.CN.CN.NC(=O)NCCCCC(=O)Nc1ccc(COC=O)cc1.O=CCCCCCN1C(=O)C=CC1=O. The molecule has 2 rings (SSSR count). The standard InChI is InChI=1S/C14H19N3O4.C10H13NO3.C6H15N.C5H10O.C2H6.2CH5N/c15-14(20)16-8-2-1-3-13(19)17-12-6-4-11(5-7-12)9-21-10-18;12-8-4-2-1-3-7-11-9(13)5-6-10(11)14;1-3-4-5-6-7-2;1-5(2)3-4-6;3*1-2/h4-7,10H,1-3,8-9H2,(H,17,19)(H3,15,16,20);5-6,8H,1-4,7H2;7H,3-6H2,1-2H3;4-5H,3H2,1-2H3;1-2H3;2*2H2,1H3. The number of aldehydes is 2. The Hall–Kier alpha value is -4.47. The molecule has 0 spiro atoms. The van der Waals surface area contributed by atoms with Crippen LogP contribution in [-0.4, -0.2) is 88.5 Å². The fourth-order valence-corrected chi connectivity index (χ4v) is 3.73. The van der Waals surface area contributed by atoms with E-state index in [1.165, 1.54) is 57.0 Å². The molecule has 54 heavy (non-hydrogen) atoms. The van der Waals surface area contributed by atoms with Crippen LogP contribution in [0, 0.1) is 5.92 Å². The quantitative estimate of drug-likeness (QED) is 0.0573. The monoisotopic (exact) mass is 768 g/mol. The Bertz CT molecular complexity index is 1060. The number of unbranched alkanes of at least 4 members (excludes halogenated alkanes) is 6. The van der Waals surface area contributed by atoms with Gasteiger partial charge in [0.2, 0.25) is 5.91 Å². The van der Waals surface area contributed by atoms with Gasteiger partial charge in [-0.2, -0.15) is 0 Å². The van der Waals surface area contributed by atoms with Gasteiger partial charge in [0.1, 0.15) is 19.2 Å². The summed E-state index contributed by atoms with van der Waals surface area (Å²) in [5.74, 6) is -0.0239. The molecule has 0 bridgehead atoms. The van der Waals surface area contributed by atoms with Crippen molar-refractivity contribution in [2.45, 2.75) is 112 Å². The maximum Gasteiger partial charge on any atom is 0.312 e. The molecule has 0 aliphatic carbocycles. The fourth-order valence-electron chi connectivity index (χ4n) is 3.73. The van der Waals surface area contributed by atoms with Crippen LogP contribution < -0.4 is 33.2 Å². The molecule has 1 aliphatic rings. The molecule has 0 atom stereocenters. The average Bonchev–Trinajstić information content (AvgIpc) is 3.50. The predicted molar refractivity (Wildman–Crippen MR) is 218 cm³/mol. The van der Waals surface area contributed by atoms with E-state index in [1.807, 2.05) is 34.7 Å². The number of nitrogens with one attached hydrogen (secondary N) is 3. The zero-order valence-electron chi connectivity index (χ0n) is 34.3. The first-order chi connectivity index (χ1) is 26.1. The van der Waals surface area contributed by atoms with Crippen LogP contribution in [-0.2, 0) is 40.1 Å². The second-order valence-electron chi connectivity index (χ2n) is 11.2. The minimum absolute atomic E-state index is 0.0917. The first-order valence-electron chi connectivity index (χ1n) is 18.7. The lowest BCUT2D eigenvalue weighted by atomic mass is 10.2. The minimum atomic E-state index is -0.557. The lowest BCUT2D eigenvalue weighted by Gasteiger charge is -2.12. The van der Waals surface area contributed by atoms with Gasteiger partial charge < -0.3 is 47.5 Å². The van der Waals surface area contributed by atoms with Gasteiger partial charge in [0.25, 0.3) is 18.3 Å². The van der Waals surface area contributed by atoms with Crippen LogP contribution in [0.3, 0.4) is 0 Å². The number of benzene rings is 1. The number of urea groups is 1. The topological polar surface area (TPSA) is 246 Å². The summed E-state index contributed by atoms with van der Waals surface area (Å²) in [5, 5.41) is 8.33. The van der Waals surface area contributed by atoms with Gasteiger partial charge in [0.15, 0.2) is 0 Å². The minimum Gasteiger partial charge on any atom is -0.463 e. The van der Waals surface area contributed by atoms with Gasteiger partial charge in [-0.3, -0.25) is 24.1 Å². The van der Waals surface area contributed by atoms with Gasteiger partial charge >= 0.3 is 6.03 Å². The van der Waals surface area contributed by atoms with Crippen molar-refractivity contribution in [3.8, 4) is 0 Å². The van der Waals surface area contributed by atoms with Crippen molar-refractivity contribution in [1.29, 1.82) is 0 Å². The van der Waals surface area contributed by atoms with Gasteiger partial charge in [-0.15, -0.1) is 0 Å². The maximum atomic E-state index is 11.7. The highest BCUT2D eigenvalue weighted by Crippen LogP contribution is 2.11. The lowest BCUT2D eigenvalue weighted by molar-refractivity contribution is -0.137. The van der Waals surface area contributed by atoms with E-state index in [9.17, 15) is 33.6 Å². The van der Waals surface area contributed by atoms with Crippen LogP contribution in [0.25, 0.3) is 0 Å². The summed E-state index contributed by atoms with van der Waals surface area (Å²) in [5.41, 5.74) is 15.5. The van der Waals surface area contributed by atoms with Gasteiger partial charge in [0, 0.05) is 50.2 Å². The molecule has 1 heterocycles. The van der Waals surface area contributed by atoms with Crippen LogP contribution >= 0.6 is 0 Å². The zero-order valence-corrected chi connectivity index (χ0v) is 34.3. The number of rotatable bonds is 21. The molecule has 1 aromatic rings. The molecule has 5 amide bonds. The summed E-state index contributed by atoms with van der Waals surface area (Å²) in [7, 11) is 5.00. The number of primary amides is 1. The molecule has 0 unspecified atom stereocenters. The van der Waals surface area contributed by atoms with Crippen molar-refractivity contribution in [3.05, 3.63) is 42.0 Å². The van der Waals surface area contributed by atoms with Crippen molar-refractivity contribution in [2.24, 2.45) is 23.1 Å². The highest BCUT2D eigenvalue weighted by molar-refractivity contribution is 6.12. The van der Waals surface area contributed by atoms with Crippen LogP contribution in [0.4, 0.5) is 10.5 Å². The molecule has 312 valence electrons. The Morgan fingerprint density at radius 1 is 0.815 bits per heavy atom. The van der Waals surface area contributed by atoms with Gasteiger partial charge in [-0.05, 0) is 83.4 Å². The lowest BCUT2D eigenvalue weighted by Crippen LogP contribution is -2.30. The molecule has 15 heteroatoms. The van der Waals surface area contributed by atoms with E-state index in [0.717, 1.165) is 37.4 Å². The van der Waals surface area contributed by atoms with Crippen LogP contribution in [0.2, 0.25) is 0 Å². The van der Waals surface area contributed by atoms with E-state index < -0.39 is 6.03 Å². The molecule has 15 nitrogen and oxygen atoms in total. The number of hydrogen-bond acceptors (Lipinski definition) is 11. The number of nitrogens with two attached hydrogens (primary N) is 3. The van der Waals surface area contributed by atoms with Crippen molar-refractivity contribution in [3.63, 3.8) is 0 Å². The molecule has 0 fully saturated rings. The number of hydrogen-bond donors (Lipinski definition) is 6. The van der Waals surface area contributed by atoms with Gasteiger partial charge in [-0.1, -0.05) is 66.0 Å². The van der Waals surface area contributed by atoms with Crippen molar-refractivity contribution in [1.82, 2.24) is 15.5 Å². The Balaban J connectivity index is -0.000000208. The Labute approximate surface area is 324 Å². The highest BCUT2D eigenvalue weighted by Gasteiger charge is 2.22. The third-order valence-electron chi connectivity index (χ3n) is 6.39. The van der Waals surface area contributed by atoms with E-state index in [-0.39, 0.29) is 24.3 Å². The second-order valence-corrected chi connectivity index (χ2v) is 11.2. The predicted octanol–water partition coefficient (Wildman–Crippen LogP) is 4.61. The van der Waals surface area contributed by atoms with Crippen molar-refractivity contribution in [2.75, 3.05) is 46.1 Å². The first-order valence-corrected chi connectivity index (χ1v) is 18.7. The van der Waals surface area contributed by atoms with Crippen molar-refractivity contribution < 1.29 is 38.3 Å². The molecule has 0 saturated carbocycles. The molecule has 9 N–H and O–H groups in total. The van der Waals surface area contributed by atoms with E-state index in [4.69, 9.17) is 5.73 Å². The number of imide groups is 1. The number of ether oxygens (including phenoxy) is 1. The summed E-state index contributed by atoms with van der Waals surface area (Å²) >= 11 is 0. The fraction of sp³-hybridized carbons (Fsp3) is 0.615. The summed E-state index contributed by atoms with van der Waals surface area (Å²) in [6, 6.07) is 6.48. The zero-order chi connectivity index (χ0) is 42.4. The highest BCUT2D eigenvalue weighted by atomic mass is 16.5. The molecular formula is C39H73N7O8. The molecule has 0 aromatic heterocycles. The summed E-state index contributed by atoms with van der Waals surface area (Å²) < 4.78 is 4.63. The van der Waals surface area contributed by atoms with E-state index in [2.05, 4.69) is 39.1 Å². The number of anilines is 1. The third kappa shape index (κ3) is 43.7. The van der Waals surface area contributed by atoms with Gasteiger partial charge in [-0.25, -0.2) is 4.79 Å². The van der Waals surface area contributed by atoms with E-state index in [0.29, 0.717) is 63.3 Å². The molecular weight excluding hydrogens is 694 g/mol. The Kier molecular flexibility index (Phi) is 52.9. The first kappa shape index (κ1) is 58.8. The molecule has 0 saturated heterocycles. The van der Waals surface area contributed by atoms with E-state index in [1.54, 1.807) is 24.3 Å². The summed E-state index contributed by atoms with van der Waals surface area (Å²) in [6.45, 7) is 13.0. The smallest absolute Gasteiger partial charge is 0.312 e. The van der Waals surface area contributed by atoms with Crippen molar-refractivity contribution >= 4 is 48.5 Å². The number of nitrogens with zero attached hydrogens (tertiary/aromatic N) is 1. The molecule has 1 aromatic carbocycles. The van der Waals surface area contributed by atoms with Crippen LogP contribution in [0.15, 0.2) is 36.4 Å². The second kappa shape index (κ2) is 48.5. The Morgan fingerprint density at radius 2 is 1.39 bits per heavy atom. The largest absolute Gasteiger partial charge is 0.463 e. The molecule has 0 radical (unpaired) electrons. The molecule has 1 aliphatic heterocycles. The van der Waals surface area contributed by atoms with Gasteiger partial charge in [0.05, 0.1) is 0 Å². The number of carbonyl (C=O) groups is 7. The summed E-state index contributed by atoms with van der Waals surface area (Å²) in [6.07, 6.45) is 13.9. The number of amides is 5.